The highest BCUT2D eigenvalue weighted by Crippen LogP contribution is 1.93. The van der Waals surface area contributed by atoms with Crippen molar-refractivity contribution in [1.29, 1.82) is 0 Å². The second-order valence-corrected chi connectivity index (χ2v) is 3.71. The summed E-state index contributed by atoms with van der Waals surface area (Å²) in [5.74, 6) is -0.0145. The minimum atomic E-state index is -0.448. The largest absolute Gasteiger partial charge is 0.392 e. The lowest BCUT2D eigenvalue weighted by Crippen LogP contribution is -2.48. The van der Waals surface area contributed by atoms with Gasteiger partial charge in [-0.3, -0.25) is 4.79 Å². The van der Waals surface area contributed by atoms with Crippen molar-refractivity contribution in [2.45, 2.75) is 52.3 Å². The van der Waals surface area contributed by atoms with Crippen LogP contribution in [-0.2, 0) is 4.79 Å². The zero-order valence-corrected chi connectivity index (χ0v) is 9.50. The topological polar surface area (TPSA) is 61.4 Å². The lowest BCUT2D eigenvalue weighted by Gasteiger charge is -2.21. The molecule has 0 rings (SSSR count). The van der Waals surface area contributed by atoms with Crippen LogP contribution in [-0.4, -0.2) is 35.7 Å². The third-order valence-electron chi connectivity index (χ3n) is 2.18. The van der Waals surface area contributed by atoms with E-state index in [0.717, 1.165) is 6.42 Å². The van der Waals surface area contributed by atoms with Crippen LogP contribution in [0.15, 0.2) is 0 Å². The molecule has 0 aliphatic carbocycles. The number of rotatable bonds is 6. The molecule has 1 amide bonds. The first-order chi connectivity index (χ1) is 6.49. The van der Waals surface area contributed by atoms with E-state index in [0.29, 0.717) is 6.54 Å². The summed E-state index contributed by atoms with van der Waals surface area (Å²) in [6, 6.07) is -0.330. The second-order valence-electron chi connectivity index (χ2n) is 3.71. The number of hydrogen-bond acceptors (Lipinski definition) is 3. The van der Waals surface area contributed by atoms with Crippen LogP contribution < -0.4 is 10.6 Å². The predicted octanol–water partition coefficient (Wildman–Crippen LogP) is 0.260. The van der Waals surface area contributed by atoms with Gasteiger partial charge in [-0.2, -0.15) is 0 Å². The Morgan fingerprint density at radius 3 is 2.36 bits per heavy atom. The van der Waals surface area contributed by atoms with Gasteiger partial charge < -0.3 is 15.7 Å². The number of aliphatic hydroxyl groups is 1. The van der Waals surface area contributed by atoms with Gasteiger partial charge >= 0.3 is 0 Å². The minimum Gasteiger partial charge on any atom is -0.392 e. The summed E-state index contributed by atoms with van der Waals surface area (Å²) in [5.41, 5.74) is 0. The summed E-state index contributed by atoms with van der Waals surface area (Å²) in [7, 11) is 0. The van der Waals surface area contributed by atoms with Crippen molar-refractivity contribution < 1.29 is 9.90 Å². The molecule has 0 radical (unpaired) electrons. The molecular weight excluding hydrogens is 180 g/mol. The molecule has 0 aliphatic heterocycles. The SMILES string of the molecule is CCCNC(=O)C(C)NC(C)C(C)O. The lowest BCUT2D eigenvalue weighted by atomic mass is 10.2. The molecule has 0 aliphatic rings. The Morgan fingerprint density at radius 1 is 1.36 bits per heavy atom. The molecule has 0 saturated heterocycles. The Labute approximate surface area is 86.1 Å². The Kier molecular flexibility index (Phi) is 6.49. The standard InChI is InChI=1S/C10H22N2O2/c1-5-6-11-10(14)8(3)12-7(2)9(4)13/h7-9,12-13H,5-6H2,1-4H3,(H,11,14). The molecule has 0 saturated carbocycles. The van der Waals surface area contributed by atoms with Gasteiger partial charge in [-0.1, -0.05) is 6.92 Å². The monoisotopic (exact) mass is 202 g/mol. The van der Waals surface area contributed by atoms with Crippen molar-refractivity contribution in [2.24, 2.45) is 0 Å². The third kappa shape index (κ3) is 5.19. The normalized spacial score (nSPS) is 17.2. The Bertz CT molecular complexity index is 172. The molecule has 0 aromatic carbocycles. The summed E-state index contributed by atoms with van der Waals surface area (Å²) in [4.78, 5) is 11.4. The van der Waals surface area contributed by atoms with Crippen LogP contribution in [0, 0.1) is 0 Å². The third-order valence-corrected chi connectivity index (χ3v) is 2.18. The van der Waals surface area contributed by atoms with E-state index in [1.165, 1.54) is 0 Å². The van der Waals surface area contributed by atoms with Gasteiger partial charge in [-0.25, -0.2) is 0 Å². The van der Waals surface area contributed by atoms with Crippen LogP contribution in [0.3, 0.4) is 0 Å². The van der Waals surface area contributed by atoms with E-state index in [-0.39, 0.29) is 18.0 Å². The van der Waals surface area contributed by atoms with E-state index in [1.54, 1.807) is 13.8 Å². The summed E-state index contributed by atoms with van der Waals surface area (Å²) < 4.78 is 0. The van der Waals surface area contributed by atoms with Gasteiger partial charge in [0.2, 0.25) is 5.91 Å². The van der Waals surface area contributed by atoms with E-state index in [4.69, 9.17) is 0 Å². The van der Waals surface area contributed by atoms with Crippen LogP contribution in [0.5, 0.6) is 0 Å². The molecule has 4 nitrogen and oxygen atoms in total. The molecule has 3 atom stereocenters. The van der Waals surface area contributed by atoms with Crippen LogP contribution >= 0.6 is 0 Å². The fourth-order valence-electron chi connectivity index (χ4n) is 1.01. The van der Waals surface area contributed by atoms with Crippen molar-refractivity contribution in [2.75, 3.05) is 6.54 Å². The molecule has 0 fully saturated rings. The average Bonchev–Trinajstić information content (AvgIpc) is 2.13. The maximum absolute atomic E-state index is 11.4. The smallest absolute Gasteiger partial charge is 0.236 e. The van der Waals surface area contributed by atoms with Gasteiger partial charge in [0.15, 0.2) is 0 Å². The molecule has 0 aromatic heterocycles. The molecule has 0 spiro atoms. The first-order valence-electron chi connectivity index (χ1n) is 5.20. The lowest BCUT2D eigenvalue weighted by molar-refractivity contribution is -0.123. The van der Waals surface area contributed by atoms with E-state index in [2.05, 4.69) is 10.6 Å². The van der Waals surface area contributed by atoms with E-state index in [1.807, 2.05) is 13.8 Å². The Morgan fingerprint density at radius 2 is 1.93 bits per heavy atom. The number of carbonyl (C=O) groups excluding carboxylic acids is 1. The molecule has 84 valence electrons. The Hall–Kier alpha value is -0.610. The van der Waals surface area contributed by atoms with Crippen LogP contribution in [0.1, 0.15) is 34.1 Å². The van der Waals surface area contributed by atoms with Gasteiger partial charge in [-0.05, 0) is 27.2 Å². The number of nitrogens with one attached hydrogen (secondary N) is 2. The minimum absolute atomic E-state index is 0.0145. The van der Waals surface area contributed by atoms with Crippen molar-refractivity contribution in [1.82, 2.24) is 10.6 Å². The number of aliphatic hydroxyl groups excluding tert-OH is 1. The van der Waals surface area contributed by atoms with Crippen molar-refractivity contribution in [3.63, 3.8) is 0 Å². The second kappa shape index (κ2) is 6.79. The number of hydrogen-bond donors (Lipinski definition) is 3. The van der Waals surface area contributed by atoms with E-state index < -0.39 is 6.10 Å². The Balaban J connectivity index is 3.82. The molecular formula is C10H22N2O2. The van der Waals surface area contributed by atoms with Crippen LogP contribution in [0.2, 0.25) is 0 Å². The maximum atomic E-state index is 11.4. The van der Waals surface area contributed by atoms with Crippen LogP contribution in [0.25, 0.3) is 0 Å². The molecule has 4 heteroatoms. The fraction of sp³-hybridized carbons (Fsp3) is 0.900. The van der Waals surface area contributed by atoms with E-state index in [9.17, 15) is 9.90 Å². The van der Waals surface area contributed by atoms with Gasteiger partial charge in [-0.15, -0.1) is 0 Å². The maximum Gasteiger partial charge on any atom is 0.236 e. The average molecular weight is 202 g/mol. The van der Waals surface area contributed by atoms with Gasteiger partial charge in [0.1, 0.15) is 0 Å². The van der Waals surface area contributed by atoms with Crippen molar-refractivity contribution in [3.05, 3.63) is 0 Å². The highest BCUT2D eigenvalue weighted by Gasteiger charge is 2.16. The fourth-order valence-corrected chi connectivity index (χ4v) is 1.01. The number of amides is 1. The summed E-state index contributed by atoms with van der Waals surface area (Å²) in [6.07, 6.45) is 0.487. The van der Waals surface area contributed by atoms with Crippen LogP contribution in [0.4, 0.5) is 0 Å². The summed E-state index contributed by atoms with van der Waals surface area (Å²) >= 11 is 0. The highest BCUT2D eigenvalue weighted by atomic mass is 16.3. The summed E-state index contributed by atoms with van der Waals surface area (Å²) in [6.45, 7) is 8.07. The van der Waals surface area contributed by atoms with Gasteiger partial charge in [0, 0.05) is 12.6 Å². The zero-order valence-electron chi connectivity index (χ0n) is 9.50. The first-order valence-corrected chi connectivity index (χ1v) is 5.20. The zero-order chi connectivity index (χ0) is 11.1. The molecule has 3 unspecified atom stereocenters. The van der Waals surface area contributed by atoms with Crippen molar-refractivity contribution >= 4 is 5.91 Å². The van der Waals surface area contributed by atoms with Gasteiger partial charge in [0.25, 0.3) is 0 Å². The van der Waals surface area contributed by atoms with Gasteiger partial charge in [0.05, 0.1) is 12.1 Å². The first kappa shape index (κ1) is 13.4. The molecule has 14 heavy (non-hydrogen) atoms. The molecule has 3 N–H and O–H groups in total. The quantitative estimate of drug-likeness (QED) is 0.579. The van der Waals surface area contributed by atoms with Crippen molar-refractivity contribution in [3.8, 4) is 0 Å². The molecule has 0 heterocycles. The molecule has 0 bridgehead atoms. The van der Waals surface area contributed by atoms with E-state index >= 15 is 0 Å². The highest BCUT2D eigenvalue weighted by molar-refractivity contribution is 5.81. The number of carbonyl (C=O) groups is 1. The summed E-state index contributed by atoms with van der Waals surface area (Å²) in [5, 5.41) is 15.1. The predicted molar refractivity (Wildman–Crippen MR) is 57.0 cm³/mol. The molecule has 0 aromatic rings.